The highest BCUT2D eigenvalue weighted by Gasteiger charge is 2.17. The van der Waals surface area contributed by atoms with Crippen LogP contribution in [0.2, 0.25) is 0 Å². The quantitative estimate of drug-likeness (QED) is 0.525. The molecular weight excluding hydrogens is 332 g/mol. The number of nitrogens with two attached hydrogens (primary N) is 1. The first kappa shape index (κ1) is 17.3. The number of carbonyl (C=O) groups excluding carboxylic acids is 1. The lowest BCUT2D eigenvalue weighted by Gasteiger charge is -2.10. The molecule has 0 saturated heterocycles. The van der Waals surface area contributed by atoms with E-state index >= 15 is 0 Å². The summed E-state index contributed by atoms with van der Waals surface area (Å²) in [4.78, 5) is 12.1. The predicted octanol–water partition coefficient (Wildman–Crippen LogP) is 5.37. The van der Waals surface area contributed by atoms with E-state index in [9.17, 15) is 4.79 Å². The molecule has 1 heterocycles. The Labute approximate surface area is 159 Å². The number of benzene rings is 3. The fraction of sp³-hybridized carbons (Fsp3) is 0.208. The van der Waals surface area contributed by atoms with Crippen LogP contribution < -0.4 is 5.73 Å². The van der Waals surface area contributed by atoms with Crippen LogP contribution in [0.4, 0.5) is 0 Å². The lowest BCUT2D eigenvalue weighted by atomic mass is 10.00. The highest BCUT2D eigenvalue weighted by Crippen LogP contribution is 2.34. The highest BCUT2D eigenvalue weighted by molar-refractivity contribution is 6.18. The number of nitrogens with zero attached hydrogens (tertiary/aromatic N) is 1. The maximum absolute atomic E-state index is 12.1. The molecular formula is C24H24N2O. The first-order chi connectivity index (χ1) is 13.0. The first-order valence-electron chi connectivity index (χ1n) is 9.36. The minimum atomic E-state index is -0.386. The van der Waals surface area contributed by atoms with E-state index in [4.69, 9.17) is 5.73 Å². The fourth-order valence-electron chi connectivity index (χ4n) is 3.77. The predicted molar refractivity (Wildman–Crippen MR) is 112 cm³/mol. The van der Waals surface area contributed by atoms with Gasteiger partial charge in [-0.1, -0.05) is 61.9 Å². The van der Waals surface area contributed by atoms with Gasteiger partial charge in [0.1, 0.15) is 0 Å². The van der Waals surface area contributed by atoms with Gasteiger partial charge in [-0.25, -0.2) is 0 Å². The van der Waals surface area contributed by atoms with E-state index in [1.807, 2.05) is 12.1 Å². The molecule has 1 amide bonds. The molecule has 2 N–H and O–H groups in total. The summed E-state index contributed by atoms with van der Waals surface area (Å²) in [7, 11) is 0. The van der Waals surface area contributed by atoms with Crippen LogP contribution in [-0.2, 0) is 6.54 Å². The Hall–Kier alpha value is -3.07. The third kappa shape index (κ3) is 2.99. The van der Waals surface area contributed by atoms with Crippen molar-refractivity contribution in [1.82, 2.24) is 4.57 Å². The topological polar surface area (TPSA) is 48.0 Å². The number of fused-ring (bicyclic) bond motifs is 3. The molecule has 0 radical (unpaired) electrons. The van der Waals surface area contributed by atoms with Crippen molar-refractivity contribution in [2.75, 3.05) is 0 Å². The van der Waals surface area contributed by atoms with Crippen LogP contribution in [0.5, 0.6) is 0 Å². The lowest BCUT2D eigenvalue weighted by Crippen LogP contribution is -2.11. The van der Waals surface area contributed by atoms with Crippen molar-refractivity contribution in [1.29, 1.82) is 0 Å². The van der Waals surface area contributed by atoms with Gasteiger partial charge in [0.25, 0.3) is 0 Å². The van der Waals surface area contributed by atoms with E-state index in [-0.39, 0.29) is 5.91 Å². The normalized spacial score (nSPS) is 11.6. The van der Waals surface area contributed by atoms with Crippen molar-refractivity contribution in [3.63, 3.8) is 0 Å². The minimum absolute atomic E-state index is 0.386. The Balaban J connectivity index is 2.03. The van der Waals surface area contributed by atoms with Gasteiger partial charge in [0, 0.05) is 28.4 Å². The zero-order chi connectivity index (χ0) is 19.1. The highest BCUT2D eigenvalue weighted by atomic mass is 16.1. The molecule has 1 aromatic heterocycles. The maximum Gasteiger partial charge on any atom is 0.249 e. The molecule has 27 heavy (non-hydrogen) atoms. The second-order valence-electron chi connectivity index (χ2n) is 7.57. The molecule has 0 saturated carbocycles. The minimum Gasteiger partial charge on any atom is -0.366 e. The van der Waals surface area contributed by atoms with Gasteiger partial charge in [-0.15, -0.1) is 0 Å². The molecule has 3 nitrogen and oxygen atoms in total. The van der Waals surface area contributed by atoms with Crippen LogP contribution >= 0.6 is 0 Å². The van der Waals surface area contributed by atoms with Gasteiger partial charge in [0.05, 0.1) is 5.52 Å². The van der Waals surface area contributed by atoms with Gasteiger partial charge in [-0.3, -0.25) is 4.79 Å². The van der Waals surface area contributed by atoms with Crippen LogP contribution in [-0.4, -0.2) is 10.5 Å². The Kier molecular flexibility index (Phi) is 4.23. The number of hydrogen-bond acceptors (Lipinski definition) is 1. The number of amides is 1. The SMILES string of the molecule is Cc1ccc(Cn2c3cc(C(C)C)ccc3c3c(C(N)=O)cccc32)cc1. The molecule has 0 spiro atoms. The van der Waals surface area contributed by atoms with E-state index in [0.29, 0.717) is 11.5 Å². The van der Waals surface area contributed by atoms with Gasteiger partial charge in [-0.05, 0) is 42.2 Å². The fourth-order valence-corrected chi connectivity index (χ4v) is 3.77. The zero-order valence-electron chi connectivity index (χ0n) is 16.0. The number of carbonyl (C=O) groups is 1. The molecule has 136 valence electrons. The number of aryl methyl sites for hydroxylation is 1. The van der Waals surface area contributed by atoms with Gasteiger partial charge >= 0.3 is 0 Å². The van der Waals surface area contributed by atoms with Gasteiger partial charge in [-0.2, -0.15) is 0 Å². The molecule has 0 fully saturated rings. The Bertz CT molecular complexity index is 1150. The standard InChI is InChI=1S/C24H24N2O/c1-15(2)18-11-12-19-22(13-18)26(14-17-9-7-16(3)8-10-17)21-6-4-5-20(23(19)21)24(25)27/h4-13,15H,14H2,1-3H3,(H2,25,27). The lowest BCUT2D eigenvalue weighted by molar-refractivity contribution is 0.100. The van der Waals surface area contributed by atoms with Gasteiger partial charge in [0.15, 0.2) is 0 Å². The summed E-state index contributed by atoms with van der Waals surface area (Å²) >= 11 is 0. The number of aromatic nitrogens is 1. The van der Waals surface area contributed by atoms with E-state index in [1.54, 1.807) is 0 Å². The summed E-state index contributed by atoms with van der Waals surface area (Å²) in [6, 6.07) is 20.9. The van der Waals surface area contributed by atoms with E-state index in [2.05, 4.69) is 73.9 Å². The molecule has 0 atom stereocenters. The van der Waals surface area contributed by atoms with Crippen molar-refractivity contribution in [2.24, 2.45) is 5.73 Å². The zero-order valence-corrected chi connectivity index (χ0v) is 16.0. The smallest absolute Gasteiger partial charge is 0.249 e. The summed E-state index contributed by atoms with van der Waals surface area (Å²) in [5.41, 5.74) is 12.2. The van der Waals surface area contributed by atoms with Crippen LogP contribution in [0.25, 0.3) is 21.8 Å². The summed E-state index contributed by atoms with van der Waals surface area (Å²) in [6.07, 6.45) is 0. The summed E-state index contributed by atoms with van der Waals surface area (Å²) in [5, 5.41) is 2.03. The van der Waals surface area contributed by atoms with E-state index < -0.39 is 0 Å². The Morgan fingerprint density at radius 3 is 2.41 bits per heavy atom. The molecule has 0 bridgehead atoms. The number of hydrogen-bond donors (Lipinski definition) is 1. The summed E-state index contributed by atoms with van der Waals surface area (Å²) < 4.78 is 2.30. The second kappa shape index (κ2) is 6.58. The third-order valence-electron chi connectivity index (χ3n) is 5.31. The monoisotopic (exact) mass is 356 g/mol. The van der Waals surface area contributed by atoms with Crippen molar-refractivity contribution in [3.05, 3.63) is 82.9 Å². The number of primary amides is 1. The molecule has 3 heteroatoms. The molecule has 0 aliphatic rings. The average Bonchev–Trinajstić information content (AvgIpc) is 2.96. The molecule has 0 unspecified atom stereocenters. The van der Waals surface area contributed by atoms with Crippen molar-refractivity contribution in [3.8, 4) is 0 Å². The van der Waals surface area contributed by atoms with E-state index in [0.717, 1.165) is 28.4 Å². The Morgan fingerprint density at radius 1 is 1.00 bits per heavy atom. The summed E-state index contributed by atoms with van der Waals surface area (Å²) in [5.74, 6) is 0.0544. The first-order valence-corrected chi connectivity index (χ1v) is 9.36. The molecule has 4 rings (SSSR count). The Morgan fingerprint density at radius 2 is 1.74 bits per heavy atom. The molecule has 0 aliphatic heterocycles. The third-order valence-corrected chi connectivity index (χ3v) is 5.31. The molecule has 0 aliphatic carbocycles. The molecule has 4 aromatic rings. The summed E-state index contributed by atoms with van der Waals surface area (Å²) in [6.45, 7) is 7.24. The van der Waals surface area contributed by atoms with Gasteiger partial charge < -0.3 is 10.3 Å². The number of rotatable bonds is 4. The second-order valence-corrected chi connectivity index (χ2v) is 7.57. The maximum atomic E-state index is 12.1. The molecule has 3 aromatic carbocycles. The van der Waals surface area contributed by atoms with Crippen molar-refractivity contribution < 1.29 is 4.79 Å². The van der Waals surface area contributed by atoms with Gasteiger partial charge in [0.2, 0.25) is 5.91 Å². The van der Waals surface area contributed by atoms with E-state index in [1.165, 1.54) is 16.7 Å². The van der Waals surface area contributed by atoms with Crippen molar-refractivity contribution in [2.45, 2.75) is 33.2 Å². The van der Waals surface area contributed by atoms with Crippen LogP contribution in [0.3, 0.4) is 0 Å². The largest absolute Gasteiger partial charge is 0.366 e. The van der Waals surface area contributed by atoms with Crippen LogP contribution in [0.1, 0.15) is 46.8 Å². The van der Waals surface area contributed by atoms with Crippen molar-refractivity contribution >= 4 is 27.7 Å². The van der Waals surface area contributed by atoms with Crippen LogP contribution in [0, 0.1) is 6.92 Å². The van der Waals surface area contributed by atoms with Crippen LogP contribution in [0.15, 0.2) is 60.7 Å². The average molecular weight is 356 g/mol.